The summed E-state index contributed by atoms with van der Waals surface area (Å²) in [6.45, 7) is 5.98. The molecule has 0 amide bonds. The van der Waals surface area contributed by atoms with Crippen molar-refractivity contribution >= 4 is 0 Å². The number of rotatable bonds is 4. The Kier molecular flexibility index (Phi) is 4.42. The van der Waals surface area contributed by atoms with E-state index < -0.39 is 0 Å². The lowest BCUT2D eigenvalue weighted by molar-refractivity contribution is -0.0929. The molecule has 100 valence electrons. The summed E-state index contributed by atoms with van der Waals surface area (Å²) in [6.07, 6.45) is 5.15. The Morgan fingerprint density at radius 3 is 2.82 bits per heavy atom. The van der Waals surface area contributed by atoms with Crippen LogP contribution in [0.5, 0.6) is 0 Å². The van der Waals surface area contributed by atoms with Crippen LogP contribution in [-0.4, -0.2) is 56.0 Å². The highest BCUT2D eigenvalue weighted by Gasteiger charge is 2.48. The molecule has 1 heterocycles. The van der Waals surface area contributed by atoms with Crippen LogP contribution >= 0.6 is 0 Å². The molecule has 1 unspecified atom stereocenters. The van der Waals surface area contributed by atoms with Gasteiger partial charge < -0.3 is 15.2 Å². The first-order valence-electron chi connectivity index (χ1n) is 6.83. The number of ether oxygens (including phenoxy) is 2. The zero-order valence-corrected chi connectivity index (χ0v) is 11.2. The molecule has 1 saturated carbocycles. The third kappa shape index (κ3) is 2.65. The summed E-state index contributed by atoms with van der Waals surface area (Å²) in [4.78, 5) is 2.56. The van der Waals surface area contributed by atoms with E-state index in [2.05, 4.69) is 11.8 Å². The van der Waals surface area contributed by atoms with E-state index in [9.17, 15) is 0 Å². The van der Waals surface area contributed by atoms with Crippen molar-refractivity contribution in [2.75, 3.05) is 33.4 Å². The van der Waals surface area contributed by atoms with Crippen molar-refractivity contribution in [3.05, 3.63) is 0 Å². The molecule has 1 aliphatic carbocycles. The monoisotopic (exact) mass is 242 g/mol. The van der Waals surface area contributed by atoms with Gasteiger partial charge in [-0.2, -0.15) is 0 Å². The van der Waals surface area contributed by atoms with Gasteiger partial charge >= 0.3 is 0 Å². The van der Waals surface area contributed by atoms with Gasteiger partial charge in [0, 0.05) is 38.9 Å². The summed E-state index contributed by atoms with van der Waals surface area (Å²) in [6, 6.07) is 0. The van der Waals surface area contributed by atoms with Crippen LogP contribution in [0.3, 0.4) is 0 Å². The van der Waals surface area contributed by atoms with Gasteiger partial charge in [0.2, 0.25) is 0 Å². The Bertz CT molecular complexity index is 242. The van der Waals surface area contributed by atoms with Crippen molar-refractivity contribution in [1.29, 1.82) is 0 Å². The normalized spacial score (nSPS) is 39.7. The van der Waals surface area contributed by atoms with Crippen molar-refractivity contribution in [2.45, 2.75) is 50.4 Å². The molecule has 2 aliphatic rings. The maximum Gasteiger partial charge on any atom is 0.0699 e. The third-order valence-electron chi connectivity index (χ3n) is 4.40. The van der Waals surface area contributed by atoms with Crippen molar-refractivity contribution < 1.29 is 9.47 Å². The molecule has 0 spiro atoms. The molecule has 1 saturated heterocycles. The first kappa shape index (κ1) is 13.3. The fraction of sp³-hybridized carbons (Fsp3) is 1.00. The Hall–Kier alpha value is -0.160. The number of nitrogens with two attached hydrogens (primary N) is 1. The standard InChI is InChI=1S/C13H26N2O2/c1-3-11-9-15(5-4-6-17-11)13(10-14)7-12(8-13)16-2/h11-12H,3-10,14H2,1-2H3. The Morgan fingerprint density at radius 1 is 1.47 bits per heavy atom. The van der Waals surface area contributed by atoms with Gasteiger partial charge in [-0.15, -0.1) is 0 Å². The fourth-order valence-electron chi connectivity index (χ4n) is 3.08. The van der Waals surface area contributed by atoms with Crippen molar-refractivity contribution in [3.8, 4) is 0 Å². The van der Waals surface area contributed by atoms with Crippen LogP contribution < -0.4 is 5.73 Å². The van der Waals surface area contributed by atoms with Gasteiger partial charge in [0.25, 0.3) is 0 Å². The van der Waals surface area contributed by atoms with Gasteiger partial charge in [0.05, 0.1) is 12.2 Å². The predicted octanol–water partition coefficient (Wildman–Crippen LogP) is 0.994. The Morgan fingerprint density at radius 2 is 2.24 bits per heavy atom. The zero-order chi connectivity index (χ0) is 12.3. The minimum absolute atomic E-state index is 0.182. The summed E-state index contributed by atoms with van der Waals surface area (Å²) in [5.74, 6) is 0. The fourth-order valence-corrected chi connectivity index (χ4v) is 3.08. The highest BCUT2D eigenvalue weighted by Crippen LogP contribution is 2.39. The van der Waals surface area contributed by atoms with Gasteiger partial charge in [-0.25, -0.2) is 0 Å². The highest BCUT2D eigenvalue weighted by molar-refractivity contribution is 5.05. The van der Waals surface area contributed by atoms with Crippen LogP contribution in [0.4, 0.5) is 0 Å². The van der Waals surface area contributed by atoms with E-state index in [1.165, 1.54) is 0 Å². The van der Waals surface area contributed by atoms with E-state index in [1.807, 2.05) is 0 Å². The minimum Gasteiger partial charge on any atom is -0.381 e. The average Bonchev–Trinajstić information content (AvgIpc) is 2.55. The van der Waals surface area contributed by atoms with Crippen LogP contribution in [0.1, 0.15) is 32.6 Å². The van der Waals surface area contributed by atoms with Crippen LogP contribution in [0, 0.1) is 0 Å². The summed E-state index contributed by atoms with van der Waals surface area (Å²) in [5.41, 5.74) is 6.20. The molecule has 4 heteroatoms. The van der Waals surface area contributed by atoms with Crippen LogP contribution in [0.15, 0.2) is 0 Å². The van der Waals surface area contributed by atoms with Crippen LogP contribution in [-0.2, 0) is 9.47 Å². The number of hydrogen-bond donors (Lipinski definition) is 1. The van der Waals surface area contributed by atoms with Crippen molar-refractivity contribution in [3.63, 3.8) is 0 Å². The van der Waals surface area contributed by atoms with Crippen molar-refractivity contribution in [1.82, 2.24) is 4.90 Å². The number of methoxy groups -OCH3 is 1. The lowest BCUT2D eigenvalue weighted by Crippen LogP contribution is -2.64. The Balaban J connectivity index is 1.98. The first-order chi connectivity index (χ1) is 8.24. The average molecular weight is 242 g/mol. The molecule has 17 heavy (non-hydrogen) atoms. The summed E-state index contributed by atoms with van der Waals surface area (Å²) >= 11 is 0. The van der Waals surface area contributed by atoms with Gasteiger partial charge in [-0.05, 0) is 25.7 Å². The summed E-state index contributed by atoms with van der Waals surface area (Å²) in [5, 5.41) is 0. The minimum atomic E-state index is 0.182. The maximum absolute atomic E-state index is 6.02. The topological polar surface area (TPSA) is 47.7 Å². The third-order valence-corrected chi connectivity index (χ3v) is 4.40. The largest absolute Gasteiger partial charge is 0.381 e. The molecule has 4 nitrogen and oxygen atoms in total. The molecule has 1 atom stereocenters. The van der Waals surface area contributed by atoms with E-state index >= 15 is 0 Å². The van der Waals surface area contributed by atoms with Gasteiger partial charge in [0.15, 0.2) is 0 Å². The lowest BCUT2D eigenvalue weighted by atomic mass is 9.72. The predicted molar refractivity (Wildman–Crippen MR) is 68.0 cm³/mol. The molecule has 0 radical (unpaired) electrons. The van der Waals surface area contributed by atoms with Gasteiger partial charge in [0.1, 0.15) is 0 Å². The summed E-state index contributed by atoms with van der Waals surface area (Å²) < 4.78 is 11.2. The second kappa shape index (κ2) is 5.65. The summed E-state index contributed by atoms with van der Waals surface area (Å²) in [7, 11) is 1.80. The molecule has 2 N–H and O–H groups in total. The molecular formula is C13H26N2O2. The smallest absolute Gasteiger partial charge is 0.0699 e. The molecular weight excluding hydrogens is 216 g/mol. The molecule has 1 aliphatic heterocycles. The molecule has 0 aromatic heterocycles. The van der Waals surface area contributed by atoms with Gasteiger partial charge in [-0.3, -0.25) is 4.90 Å². The second-order valence-electron chi connectivity index (χ2n) is 5.40. The number of hydrogen-bond acceptors (Lipinski definition) is 4. The lowest BCUT2D eigenvalue weighted by Gasteiger charge is -2.53. The molecule has 0 aromatic carbocycles. The SMILES string of the molecule is CCC1CN(C2(CN)CC(OC)C2)CCCO1. The second-order valence-corrected chi connectivity index (χ2v) is 5.40. The maximum atomic E-state index is 6.02. The van der Waals surface area contributed by atoms with Crippen LogP contribution in [0.25, 0.3) is 0 Å². The van der Waals surface area contributed by atoms with E-state index in [0.717, 1.165) is 51.9 Å². The quantitative estimate of drug-likeness (QED) is 0.799. The van der Waals surface area contributed by atoms with E-state index in [0.29, 0.717) is 12.2 Å². The first-order valence-corrected chi connectivity index (χ1v) is 6.83. The highest BCUT2D eigenvalue weighted by atomic mass is 16.5. The Labute approximate surface area is 104 Å². The molecule has 2 rings (SSSR count). The molecule has 0 bridgehead atoms. The van der Waals surface area contributed by atoms with Gasteiger partial charge in [-0.1, -0.05) is 6.92 Å². The molecule has 0 aromatic rings. The van der Waals surface area contributed by atoms with Crippen molar-refractivity contribution in [2.24, 2.45) is 5.73 Å². The zero-order valence-electron chi connectivity index (χ0n) is 11.2. The molecule has 2 fully saturated rings. The van der Waals surface area contributed by atoms with Crippen LogP contribution in [0.2, 0.25) is 0 Å². The van der Waals surface area contributed by atoms with E-state index in [-0.39, 0.29) is 5.54 Å². The van der Waals surface area contributed by atoms with E-state index in [1.54, 1.807) is 7.11 Å². The number of nitrogens with zero attached hydrogens (tertiary/aromatic N) is 1. The van der Waals surface area contributed by atoms with E-state index in [4.69, 9.17) is 15.2 Å².